The number of rotatable bonds is 6. The van der Waals surface area contributed by atoms with Gasteiger partial charge in [-0.2, -0.15) is 0 Å². The van der Waals surface area contributed by atoms with Crippen LogP contribution < -0.4 is 5.56 Å². The van der Waals surface area contributed by atoms with Crippen LogP contribution in [0.25, 0.3) is 10.7 Å². The monoisotopic (exact) mass is 370 g/mol. The van der Waals surface area contributed by atoms with Gasteiger partial charge >= 0.3 is 0 Å². The van der Waals surface area contributed by atoms with E-state index < -0.39 is 17.5 Å². The van der Waals surface area contributed by atoms with Crippen LogP contribution in [0.3, 0.4) is 0 Å². The molecule has 1 atom stereocenters. The van der Waals surface area contributed by atoms with Crippen LogP contribution >= 0.6 is 11.3 Å². The predicted octanol–water partition coefficient (Wildman–Crippen LogP) is 2.35. The molecule has 3 aromatic heterocycles. The van der Waals surface area contributed by atoms with Crippen molar-refractivity contribution < 1.29 is 9.53 Å². The topological polar surface area (TPSA) is 88.2 Å². The Morgan fingerprint density at radius 3 is 2.77 bits per heavy atom. The zero-order chi connectivity index (χ0) is 18.5. The molecule has 0 bridgehead atoms. The lowest BCUT2D eigenvalue weighted by molar-refractivity contribution is 0.0593. The average Bonchev–Trinajstić information content (AvgIpc) is 3.20. The number of ether oxygens (including phenoxy) is 1. The first kappa shape index (κ1) is 18.0. The van der Waals surface area contributed by atoms with E-state index in [2.05, 4.69) is 15.0 Å². The van der Waals surface area contributed by atoms with Crippen LogP contribution in [0.4, 0.5) is 0 Å². The SMILES string of the molecule is COCC(c1ccccn1)N(C)C(=O)c1cnc(-c2cccs2)[nH]c1=O. The highest BCUT2D eigenvalue weighted by Gasteiger charge is 2.26. The largest absolute Gasteiger partial charge is 0.382 e. The molecule has 3 aromatic rings. The van der Waals surface area contributed by atoms with Crippen molar-refractivity contribution in [2.24, 2.45) is 0 Å². The molecule has 26 heavy (non-hydrogen) atoms. The van der Waals surface area contributed by atoms with Gasteiger partial charge in [-0.05, 0) is 23.6 Å². The Morgan fingerprint density at radius 1 is 1.31 bits per heavy atom. The molecule has 0 aromatic carbocycles. The van der Waals surface area contributed by atoms with Crippen LogP contribution in [0.5, 0.6) is 0 Å². The third-order valence-corrected chi connectivity index (χ3v) is 4.80. The lowest BCUT2D eigenvalue weighted by atomic mass is 10.1. The molecule has 3 heterocycles. The van der Waals surface area contributed by atoms with E-state index in [9.17, 15) is 9.59 Å². The fourth-order valence-electron chi connectivity index (χ4n) is 2.54. The third-order valence-electron chi connectivity index (χ3n) is 3.93. The quantitative estimate of drug-likeness (QED) is 0.720. The second-order valence-electron chi connectivity index (χ2n) is 5.59. The maximum atomic E-state index is 12.8. The van der Waals surface area contributed by atoms with Gasteiger partial charge in [-0.3, -0.25) is 14.6 Å². The highest BCUT2D eigenvalue weighted by atomic mass is 32.1. The summed E-state index contributed by atoms with van der Waals surface area (Å²) >= 11 is 1.46. The first-order valence-electron chi connectivity index (χ1n) is 7.92. The number of methoxy groups -OCH3 is 1. The van der Waals surface area contributed by atoms with Gasteiger partial charge in [0, 0.05) is 26.6 Å². The van der Waals surface area contributed by atoms with Crippen LogP contribution in [0.1, 0.15) is 22.1 Å². The lowest BCUT2D eigenvalue weighted by Gasteiger charge is -2.27. The van der Waals surface area contributed by atoms with Gasteiger partial charge in [0.2, 0.25) is 0 Å². The molecule has 8 heteroatoms. The molecule has 0 spiro atoms. The molecular formula is C18H18N4O3S. The van der Waals surface area contributed by atoms with Crippen molar-refractivity contribution in [3.8, 4) is 10.7 Å². The molecule has 134 valence electrons. The number of nitrogens with one attached hydrogen (secondary N) is 1. The van der Waals surface area contributed by atoms with Crippen LogP contribution in [0.2, 0.25) is 0 Å². The number of carbonyl (C=O) groups is 1. The molecule has 0 aliphatic carbocycles. The van der Waals surface area contributed by atoms with Crippen molar-refractivity contribution in [1.29, 1.82) is 0 Å². The van der Waals surface area contributed by atoms with E-state index in [0.717, 1.165) is 4.88 Å². The minimum atomic E-state index is -0.475. The number of hydrogen-bond donors (Lipinski definition) is 1. The molecule has 1 amide bonds. The fraction of sp³-hybridized carbons (Fsp3) is 0.222. The van der Waals surface area contributed by atoms with E-state index >= 15 is 0 Å². The number of amides is 1. The van der Waals surface area contributed by atoms with Crippen LogP contribution in [0.15, 0.2) is 52.9 Å². The van der Waals surface area contributed by atoms with Crippen molar-refractivity contribution in [3.05, 3.63) is 69.7 Å². The molecule has 1 N–H and O–H groups in total. The second kappa shape index (κ2) is 8.03. The van der Waals surface area contributed by atoms with E-state index in [1.165, 1.54) is 22.4 Å². The highest BCUT2D eigenvalue weighted by molar-refractivity contribution is 7.13. The van der Waals surface area contributed by atoms with Crippen LogP contribution in [0, 0.1) is 0 Å². The van der Waals surface area contributed by atoms with Crippen molar-refractivity contribution in [2.75, 3.05) is 20.8 Å². The number of nitrogens with zero attached hydrogens (tertiary/aromatic N) is 3. The highest BCUT2D eigenvalue weighted by Crippen LogP contribution is 2.21. The molecule has 0 saturated heterocycles. The van der Waals surface area contributed by atoms with Gasteiger partial charge in [0.15, 0.2) is 0 Å². The van der Waals surface area contributed by atoms with Gasteiger partial charge in [0.1, 0.15) is 11.4 Å². The maximum Gasteiger partial charge on any atom is 0.264 e. The maximum absolute atomic E-state index is 12.8. The molecule has 1 unspecified atom stereocenters. The smallest absolute Gasteiger partial charge is 0.264 e. The summed E-state index contributed by atoms with van der Waals surface area (Å²) in [7, 11) is 3.17. The Hall–Kier alpha value is -2.84. The van der Waals surface area contributed by atoms with Crippen molar-refractivity contribution in [2.45, 2.75) is 6.04 Å². The zero-order valence-electron chi connectivity index (χ0n) is 14.4. The number of thiophene rings is 1. The molecule has 0 aliphatic heterocycles. The van der Waals surface area contributed by atoms with Crippen LogP contribution in [-0.2, 0) is 4.74 Å². The number of likely N-dealkylation sites (N-methyl/N-ethyl adjacent to an activating group) is 1. The van der Waals surface area contributed by atoms with E-state index in [0.29, 0.717) is 11.5 Å². The Labute approximate surface area is 154 Å². The Bertz CT molecular complexity index is 925. The van der Waals surface area contributed by atoms with Crippen molar-refractivity contribution in [1.82, 2.24) is 19.9 Å². The second-order valence-corrected chi connectivity index (χ2v) is 6.54. The minimum absolute atomic E-state index is 0.0233. The number of pyridine rings is 1. The number of H-pyrrole nitrogens is 1. The summed E-state index contributed by atoms with van der Waals surface area (Å²) in [5.41, 5.74) is 0.187. The van der Waals surface area contributed by atoms with Gasteiger partial charge in [-0.25, -0.2) is 4.98 Å². The van der Waals surface area contributed by atoms with E-state index in [-0.39, 0.29) is 12.2 Å². The molecule has 3 rings (SSSR count). The average molecular weight is 370 g/mol. The summed E-state index contributed by atoms with van der Waals surface area (Å²) in [6.07, 6.45) is 2.97. The Kier molecular flexibility index (Phi) is 5.55. The molecule has 0 radical (unpaired) electrons. The minimum Gasteiger partial charge on any atom is -0.382 e. The molecule has 0 aliphatic rings. The summed E-state index contributed by atoms with van der Waals surface area (Å²) in [6.45, 7) is 0.262. The number of carbonyl (C=O) groups excluding carboxylic acids is 1. The van der Waals surface area contributed by atoms with Crippen molar-refractivity contribution in [3.63, 3.8) is 0 Å². The first-order chi connectivity index (χ1) is 12.6. The molecule has 0 fully saturated rings. The summed E-state index contributed by atoms with van der Waals surface area (Å²) in [5, 5.41) is 1.89. The predicted molar refractivity (Wildman–Crippen MR) is 99.1 cm³/mol. The van der Waals surface area contributed by atoms with Gasteiger partial charge < -0.3 is 14.6 Å². The fourth-order valence-corrected chi connectivity index (χ4v) is 3.22. The van der Waals surface area contributed by atoms with Gasteiger partial charge in [-0.15, -0.1) is 11.3 Å². The number of aromatic amines is 1. The van der Waals surface area contributed by atoms with Gasteiger partial charge in [0.05, 0.1) is 23.2 Å². The normalized spacial score (nSPS) is 11.9. The van der Waals surface area contributed by atoms with E-state index in [4.69, 9.17) is 4.74 Å². The molecule has 7 nitrogen and oxygen atoms in total. The zero-order valence-corrected chi connectivity index (χ0v) is 15.2. The molecule has 0 saturated carbocycles. The summed E-state index contributed by atoms with van der Waals surface area (Å²) in [6, 6.07) is 8.77. The van der Waals surface area contributed by atoms with Crippen LogP contribution in [-0.4, -0.2) is 46.5 Å². The first-order valence-corrected chi connectivity index (χ1v) is 8.80. The van der Waals surface area contributed by atoms with Gasteiger partial charge in [0.25, 0.3) is 11.5 Å². The van der Waals surface area contributed by atoms with Crippen molar-refractivity contribution >= 4 is 17.2 Å². The Balaban J connectivity index is 1.88. The third kappa shape index (κ3) is 3.71. The lowest BCUT2D eigenvalue weighted by Crippen LogP contribution is -2.37. The summed E-state index contributed by atoms with van der Waals surface area (Å²) in [4.78, 5) is 38.7. The molecular weight excluding hydrogens is 352 g/mol. The van der Waals surface area contributed by atoms with E-state index in [1.54, 1.807) is 26.4 Å². The summed E-state index contributed by atoms with van der Waals surface area (Å²) < 4.78 is 5.23. The standard InChI is InChI=1S/C18H18N4O3S/c1-22(14(11-25-2)13-6-3-4-8-19-13)18(24)12-10-20-16(21-17(12)23)15-7-5-9-26-15/h3-10,14H,11H2,1-2H3,(H,20,21,23). The summed E-state index contributed by atoms with van der Waals surface area (Å²) in [5.74, 6) is 0.00607. The van der Waals surface area contributed by atoms with E-state index in [1.807, 2.05) is 29.6 Å². The number of aromatic nitrogens is 3. The Morgan fingerprint density at radius 2 is 2.15 bits per heavy atom. The van der Waals surface area contributed by atoms with Gasteiger partial charge in [-0.1, -0.05) is 12.1 Å². The number of hydrogen-bond acceptors (Lipinski definition) is 6.